The van der Waals surface area contributed by atoms with E-state index < -0.39 is 0 Å². The SMILES string of the molecule is CCC(N)NC(S)CC. The van der Waals surface area contributed by atoms with E-state index in [2.05, 4.69) is 24.9 Å². The highest BCUT2D eigenvalue weighted by Crippen LogP contribution is 1.96. The number of nitrogens with one attached hydrogen (secondary N) is 1. The Bertz CT molecular complexity index is 60.1. The van der Waals surface area contributed by atoms with Crippen LogP contribution in [-0.2, 0) is 0 Å². The molecule has 0 saturated carbocycles. The summed E-state index contributed by atoms with van der Waals surface area (Å²) in [4.78, 5) is 0. The Morgan fingerprint density at radius 3 is 2.33 bits per heavy atom. The van der Waals surface area contributed by atoms with Crippen molar-refractivity contribution in [3.8, 4) is 0 Å². The number of nitrogens with two attached hydrogens (primary N) is 1. The molecule has 9 heavy (non-hydrogen) atoms. The minimum atomic E-state index is 0.104. The fourth-order valence-corrected chi connectivity index (χ4v) is 0.674. The summed E-state index contributed by atoms with van der Waals surface area (Å²) in [6.45, 7) is 4.13. The highest BCUT2D eigenvalue weighted by molar-refractivity contribution is 7.80. The van der Waals surface area contributed by atoms with Gasteiger partial charge in [-0.2, -0.15) is 12.6 Å². The van der Waals surface area contributed by atoms with Gasteiger partial charge in [-0.1, -0.05) is 13.8 Å². The van der Waals surface area contributed by atoms with Crippen LogP contribution in [0.2, 0.25) is 0 Å². The molecule has 0 radical (unpaired) electrons. The molecule has 0 aliphatic rings. The van der Waals surface area contributed by atoms with Gasteiger partial charge in [-0.25, -0.2) is 0 Å². The molecule has 0 saturated heterocycles. The molecule has 0 spiro atoms. The van der Waals surface area contributed by atoms with E-state index in [1.54, 1.807) is 0 Å². The van der Waals surface area contributed by atoms with E-state index >= 15 is 0 Å². The minimum absolute atomic E-state index is 0.104. The predicted molar refractivity (Wildman–Crippen MR) is 44.5 cm³/mol. The van der Waals surface area contributed by atoms with Crippen LogP contribution in [0.5, 0.6) is 0 Å². The van der Waals surface area contributed by atoms with Crippen LogP contribution in [0.4, 0.5) is 0 Å². The lowest BCUT2D eigenvalue weighted by Crippen LogP contribution is -2.40. The van der Waals surface area contributed by atoms with Crippen LogP contribution in [0.3, 0.4) is 0 Å². The molecule has 0 rings (SSSR count). The normalized spacial score (nSPS) is 17.3. The predicted octanol–water partition coefficient (Wildman–Crippen LogP) is 0.937. The van der Waals surface area contributed by atoms with Gasteiger partial charge in [0.2, 0.25) is 0 Å². The second-order valence-corrected chi connectivity index (χ2v) is 2.73. The second kappa shape index (κ2) is 5.09. The van der Waals surface area contributed by atoms with Gasteiger partial charge in [-0.05, 0) is 12.8 Å². The Kier molecular flexibility index (Phi) is 5.24. The fraction of sp³-hybridized carbons (Fsp3) is 1.00. The third-order valence-electron chi connectivity index (χ3n) is 1.23. The van der Waals surface area contributed by atoms with Gasteiger partial charge in [0.15, 0.2) is 0 Å². The quantitative estimate of drug-likeness (QED) is 0.410. The molecule has 0 aliphatic heterocycles. The molecule has 0 aromatic rings. The van der Waals surface area contributed by atoms with E-state index in [1.165, 1.54) is 0 Å². The average molecular weight is 148 g/mol. The van der Waals surface area contributed by atoms with Crippen molar-refractivity contribution >= 4 is 12.6 Å². The van der Waals surface area contributed by atoms with Crippen molar-refractivity contribution in [2.45, 2.75) is 38.2 Å². The largest absolute Gasteiger partial charge is 0.316 e. The van der Waals surface area contributed by atoms with E-state index in [1.807, 2.05) is 6.92 Å². The van der Waals surface area contributed by atoms with E-state index in [9.17, 15) is 0 Å². The molecular formula is C6H16N2S. The van der Waals surface area contributed by atoms with Crippen LogP contribution in [-0.4, -0.2) is 11.5 Å². The van der Waals surface area contributed by atoms with Crippen molar-refractivity contribution in [1.82, 2.24) is 5.32 Å². The van der Waals surface area contributed by atoms with Crippen LogP contribution in [0, 0.1) is 0 Å². The first-order valence-electron chi connectivity index (χ1n) is 3.40. The number of rotatable bonds is 4. The average Bonchev–Trinajstić information content (AvgIpc) is 1.87. The Labute approximate surface area is 62.6 Å². The minimum Gasteiger partial charge on any atom is -0.316 e. The molecule has 3 heteroatoms. The van der Waals surface area contributed by atoms with E-state index in [4.69, 9.17) is 5.73 Å². The molecular weight excluding hydrogens is 132 g/mol. The van der Waals surface area contributed by atoms with Crippen molar-refractivity contribution in [2.24, 2.45) is 5.73 Å². The lowest BCUT2D eigenvalue weighted by molar-refractivity contribution is 0.493. The summed E-state index contributed by atoms with van der Waals surface area (Å²) in [5.74, 6) is 0. The molecule has 0 aliphatic carbocycles. The summed E-state index contributed by atoms with van der Waals surface area (Å²) in [5, 5.41) is 3.37. The van der Waals surface area contributed by atoms with Gasteiger partial charge in [-0.15, -0.1) is 0 Å². The molecule has 0 aromatic carbocycles. The zero-order valence-electron chi connectivity index (χ0n) is 6.09. The first kappa shape index (κ1) is 9.27. The first-order chi connectivity index (χ1) is 4.20. The monoisotopic (exact) mass is 148 g/mol. The Morgan fingerprint density at radius 1 is 1.44 bits per heavy atom. The fourth-order valence-electron chi connectivity index (χ4n) is 0.483. The van der Waals surface area contributed by atoms with Gasteiger partial charge in [-0.3, -0.25) is 5.32 Å². The lowest BCUT2D eigenvalue weighted by Gasteiger charge is -2.15. The van der Waals surface area contributed by atoms with Crippen molar-refractivity contribution in [3.05, 3.63) is 0 Å². The van der Waals surface area contributed by atoms with Crippen molar-refractivity contribution in [2.75, 3.05) is 0 Å². The molecule has 0 fully saturated rings. The topological polar surface area (TPSA) is 38.0 Å². The first-order valence-corrected chi connectivity index (χ1v) is 3.92. The number of hydrogen-bond donors (Lipinski definition) is 3. The molecule has 0 heterocycles. The summed E-state index contributed by atoms with van der Waals surface area (Å²) in [7, 11) is 0. The Hall–Kier alpha value is 0.270. The lowest BCUT2D eigenvalue weighted by atomic mass is 10.3. The zero-order valence-corrected chi connectivity index (χ0v) is 6.99. The Morgan fingerprint density at radius 2 is 2.00 bits per heavy atom. The van der Waals surface area contributed by atoms with Gasteiger partial charge >= 0.3 is 0 Å². The van der Waals surface area contributed by atoms with Crippen LogP contribution in [0.25, 0.3) is 0 Å². The van der Waals surface area contributed by atoms with Crippen LogP contribution in [0.1, 0.15) is 26.7 Å². The van der Waals surface area contributed by atoms with Gasteiger partial charge in [0.1, 0.15) is 0 Å². The van der Waals surface area contributed by atoms with Gasteiger partial charge in [0.05, 0.1) is 11.5 Å². The molecule has 3 N–H and O–H groups in total. The standard InChI is InChI=1S/C6H16N2S/c1-3-5(7)8-6(9)4-2/h5-6,8-9H,3-4,7H2,1-2H3. The third-order valence-corrected chi connectivity index (χ3v) is 1.75. The van der Waals surface area contributed by atoms with E-state index in [-0.39, 0.29) is 11.5 Å². The van der Waals surface area contributed by atoms with Crippen LogP contribution in [0.15, 0.2) is 0 Å². The van der Waals surface area contributed by atoms with Crippen molar-refractivity contribution < 1.29 is 0 Å². The summed E-state index contributed by atoms with van der Waals surface area (Å²) >= 11 is 4.23. The summed E-state index contributed by atoms with van der Waals surface area (Å²) in [5.41, 5.74) is 5.59. The molecule has 0 amide bonds. The molecule has 2 nitrogen and oxygen atoms in total. The second-order valence-electron chi connectivity index (χ2n) is 2.11. The maximum absolute atomic E-state index is 5.59. The summed E-state index contributed by atoms with van der Waals surface area (Å²) < 4.78 is 0. The van der Waals surface area contributed by atoms with Crippen molar-refractivity contribution in [1.29, 1.82) is 0 Å². The smallest absolute Gasteiger partial charge is 0.0552 e. The van der Waals surface area contributed by atoms with Crippen LogP contribution >= 0.6 is 12.6 Å². The molecule has 0 bridgehead atoms. The molecule has 56 valence electrons. The van der Waals surface area contributed by atoms with E-state index in [0.29, 0.717) is 0 Å². The van der Waals surface area contributed by atoms with Gasteiger partial charge in [0, 0.05) is 0 Å². The van der Waals surface area contributed by atoms with Gasteiger partial charge < -0.3 is 5.73 Å². The number of hydrogen-bond acceptors (Lipinski definition) is 3. The van der Waals surface area contributed by atoms with E-state index in [0.717, 1.165) is 12.8 Å². The maximum Gasteiger partial charge on any atom is 0.0552 e. The molecule has 0 aromatic heterocycles. The van der Waals surface area contributed by atoms with Gasteiger partial charge in [0.25, 0.3) is 0 Å². The molecule has 2 unspecified atom stereocenters. The highest BCUT2D eigenvalue weighted by Gasteiger charge is 2.01. The third kappa shape index (κ3) is 4.75. The maximum atomic E-state index is 5.59. The van der Waals surface area contributed by atoms with Crippen molar-refractivity contribution in [3.63, 3.8) is 0 Å². The summed E-state index contributed by atoms with van der Waals surface area (Å²) in [6.07, 6.45) is 2.07. The van der Waals surface area contributed by atoms with Crippen LogP contribution < -0.4 is 11.1 Å². The zero-order chi connectivity index (χ0) is 7.28. The summed E-state index contributed by atoms with van der Waals surface area (Å²) in [6, 6.07) is 0. The number of thiol groups is 1. The molecule has 2 atom stereocenters. The Balaban J connectivity index is 3.22. The highest BCUT2D eigenvalue weighted by atomic mass is 32.1.